The van der Waals surface area contributed by atoms with Crippen LogP contribution in [0.4, 0.5) is 0 Å². The van der Waals surface area contributed by atoms with E-state index in [-0.39, 0.29) is 30.0 Å². The first-order valence-electron chi connectivity index (χ1n) is 9.17. The van der Waals surface area contributed by atoms with Gasteiger partial charge in [-0.1, -0.05) is 0 Å². The monoisotopic (exact) mass is 378 g/mol. The summed E-state index contributed by atoms with van der Waals surface area (Å²) in [5.74, 6) is 0.578. The number of nitrogens with one attached hydrogen (secondary N) is 1. The van der Waals surface area contributed by atoms with Crippen molar-refractivity contribution in [3.05, 3.63) is 23.8 Å². The van der Waals surface area contributed by atoms with Gasteiger partial charge in [0.25, 0.3) is 5.91 Å². The van der Waals surface area contributed by atoms with Crippen LogP contribution in [0.5, 0.6) is 11.5 Å². The highest BCUT2D eigenvalue weighted by Crippen LogP contribution is 2.28. The Morgan fingerprint density at radius 3 is 2.48 bits per heavy atom. The Morgan fingerprint density at radius 1 is 1.22 bits per heavy atom. The van der Waals surface area contributed by atoms with Crippen LogP contribution in [0.15, 0.2) is 18.2 Å². The van der Waals surface area contributed by atoms with E-state index in [0.717, 1.165) is 12.8 Å². The molecule has 1 atom stereocenters. The zero-order valence-electron chi connectivity index (χ0n) is 16.8. The average molecular weight is 378 g/mol. The number of rotatable bonds is 7. The third-order valence-corrected chi connectivity index (χ3v) is 4.21. The van der Waals surface area contributed by atoms with Gasteiger partial charge in [-0.3, -0.25) is 9.59 Å². The van der Waals surface area contributed by atoms with Gasteiger partial charge >= 0.3 is 0 Å². The van der Waals surface area contributed by atoms with Gasteiger partial charge < -0.3 is 24.4 Å². The minimum absolute atomic E-state index is 0.0235. The molecule has 0 aromatic heterocycles. The van der Waals surface area contributed by atoms with E-state index in [1.54, 1.807) is 25.3 Å². The number of nitrogens with zero attached hydrogens (tertiary/aromatic N) is 1. The van der Waals surface area contributed by atoms with Crippen LogP contribution in [0.1, 0.15) is 44.0 Å². The Kier molecular flexibility index (Phi) is 7.07. The third kappa shape index (κ3) is 6.13. The Labute approximate surface area is 161 Å². The molecule has 1 aromatic carbocycles. The molecule has 2 rings (SSSR count). The van der Waals surface area contributed by atoms with Gasteiger partial charge in [0.05, 0.1) is 26.9 Å². The van der Waals surface area contributed by atoms with Crippen LogP contribution in [0, 0.1) is 0 Å². The third-order valence-electron chi connectivity index (χ3n) is 4.21. The standard InChI is InChI=1S/C20H30N2O5/c1-20(2,3)21-18(23)13-22(12-15-7-6-10-27-15)19(24)14-8-9-16(25-4)17(11-14)26-5/h8-9,11,15H,6-7,10,12-13H2,1-5H3,(H,21,23). The Hall–Kier alpha value is -2.28. The zero-order valence-corrected chi connectivity index (χ0v) is 16.8. The highest BCUT2D eigenvalue weighted by Gasteiger charge is 2.27. The van der Waals surface area contributed by atoms with Crippen molar-refractivity contribution in [2.75, 3.05) is 33.9 Å². The van der Waals surface area contributed by atoms with Gasteiger partial charge in [-0.2, -0.15) is 0 Å². The normalized spacial score (nSPS) is 16.7. The number of hydrogen-bond donors (Lipinski definition) is 1. The van der Waals surface area contributed by atoms with Gasteiger partial charge in [0, 0.05) is 24.3 Å². The minimum atomic E-state index is -0.362. The first-order valence-corrected chi connectivity index (χ1v) is 9.17. The zero-order chi connectivity index (χ0) is 20.0. The largest absolute Gasteiger partial charge is 0.493 e. The maximum absolute atomic E-state index is 13.1. The summed E-state index contributed by atoms with van der Waals surface area (Å²) in [5, 5.41) is 2.90. The molecular weight excluding hydrogens is 348 g/mol. The molecule has 1 fully saturated rings. The second kappa shape index (κ2) is 9.08. The molecule has 1 aliphatic rings. The van der Waals surface area contributed by atoms with Crippen LogP contribution in [0.25, 0.3) is 0 Å². The Morgan fingerprint density at radius 2 is 1.93 bits per heavy atom. The van der Waals surface area contributed by atoms with E-state index in [2.05, 4.69) is 5.32 Å². The van der Waals surface area contributed by atoms with Crippen molar-refractivity contribution in [1.29, 1.82) is 0 Å². The van der Waals surface area contributed by atoms with E-state index >= 15 is 0 Å². The van der Waals surface area contributed by atoms with Crippen LogP contribution in [-0.4, -0.2) is 62.3 Å². The molecule has 0 bridgehead atoms. The summed E-state index contributed by atoms with van der Waals surface area (Å²) in [4.78, 5) is 27.0. The number of amides is 2. The lowest BCUT2D eigenvalue weighted by atomic mass is 10.1. The predicted molar refractivity (Wildman–Crippen MR) is 102 cm³/mol. The van der Waals surface area contributed by atoms with Gasteiger partial charge in [0.1, 0.15) is 0 Å². The molecule has 0 saturated carbocycles. The molecule has 0 spiro atoms. The van der Waals surface area contributed by atoms with Crippen molar-refractivity contribution in [3.8, 4) is 11.5 Å². The summed E-state index contributed by atoms with van der Waals surface area (Å²) in [5.41, 5.74) is 0.0770. The second-order valence-corrected chi connectivity index (χ2v) is 7.69. The van der Waals surface area contributed by atoms with E-state index in [4.69, 9.17) is 14.2 Å². The molecule has 27 heavy (non-hydrogen) atoms. The SMILES string of the molecule is COc1ccc(C(=O)N(CC(=O)NC(C)(C)C)CC2CCCO2)cc1OC. The van der Waals surface area contributed by atoms with Gasteiger partial charge in [-0.05, 0) is 51.8 Å². The molecular formula is C20H30N2O5. The summed E-state index contributed by atoms with van der Waals surface area (Å²) in [6.45, 7) is 6.77. The van der Waals surface area contributed by atoms with Crippen LogP contribution >= 0.6 is 0 Å². The van der Waals surface area contributed by atoms with Gasteiger partial charge in [0.2, 0.25) is 5.91 Å². The van der Waals surface area contributed by atoms with E-state index < -0.39 is 0 Å². The molecule has 1 aromatic rings. The molecule has 1 aliphatic heterocycles. The van der Waals surface area contributed by atoms with E-state index in [9.17, 15) is 9.59 Å². The maximum Gasteiger partial charge on any atom is 0.254 e. The molecule has 2 amide bonds. The number of hydrogen-bond acceptors (Lipinski definition) is 5. The summed E-state index contributed by atoms with van der Waals surface area (Å²) in [7, 11) is 3.06. The smallest absolute Gasteiger partial charge is 0.254 e. The lowest BCUT2D eigenvalue weighted by Gasteiger charge is -2.27. The van der Waals surface area contributed by atoms with Gasteiger partial charge in [-0.25, -0.2) is 0 Å². The van der Waals surface area contributed by atoms with Crippen LogP contribution in [-0.2, 0) is 9.53 Å². The lowest BCUT2D eigenvalue weighted by molar-refractivity contribution is -0.123. The quantitative estimate of drug-likeness (QED) is 0.787. The first kappa shape index (κ1) is 21.0. The Balaban J connectivity index is 2.20. The number of ether oxygens (including phenoxy) is 3. The van der Waals surface area contributed by atoms with E-state index in [1.165, 1.54) is 12.0 Å². The van der Waals surface area contributed by atoms with Crippen molar-refractivity contribution in [1.82, 2.24) is 10.2 Å². The molecule has 7 heteroatoms. The van der Waals surface area contributed by atoms with Crippen molar-refractivity contribution in [2.24, 2.45) is 0 Å². The topological polar surface area (TPSA) is 77.1 Å². The van der Waals surface area contributed by atoms with E-state index in [0.29, 0.717) is 30.2 Å². The van der Waals surface area contributed by atoms with Crippen molar-refractivity contribution < 1.29 is 23.8 Å². The average Bonchev–Trinajstić information content (AvgIpc) is 3.11. The fourth-order valence-electron chi connectivity index (χ4n) is 3.04. The molecule has 0 radical (unpaired) electrons. The summed E-state index contributed by atoms with van der Waals surface area (Å²) >= 11 is 0. The van der Waals surface area contributed by atoms with Crippen molar-refractivity contribution >= 4 is 11.8 Å². The number of carbonyl (C=O) groups excluding carboxylic acids is 2. The summed E-state index contributed by atoms with van der Waals surface area (Å²) < 4.78 is 16.2. The molecule has 1 unspecified atom stereocenters. The Bertz CT molecular complexity index is 663. The fourth-order valence-corrected chi connectivity index (χ4v) is 3.04. The van der Waals surface area contributed by atoms with E-state index in [1.807, 2.05) is 20.8 Å². The molecule has 1 N–H and O–H groups in total. The number of benzene rings is 1. The number of carbonyl (C=O) groups is 2. The second-order valence-electron chi connectivity index (χ2n) is 7.69. The predicted octanol–water partition coefficient (Wildman–Crippen LogP) is 2.24. The first-order chi connectivity index (χ1) is 12.7. The van der Waals surface area contributed by atoms with Gasteiger partial charge in [-0.15, -0.1) is 0 Å². The highest BCUT2D eigenvalue weighted by atomic mass is 16.5. The summed E-state index contributed by atoms with van der Waals surface area (Å²) in [6.07, 6.45) is 1.81. The minimum Gasteiger partial charge on any atom is -0.493 e. The number of methoxy groups -OCH3 is 2. The molecule has 1 heterocycles. The highest BCUT2D eigenvalue weighted by molar-refractivity contribution is 5.97. The maximum atomic E-state index is 13.1. The fraction of sp³-hybridized carbons (Fsp3) is 0.600. The van der Waals surface area contributed by atoms with Gasteiger partial charge in [0.15, 0.2) is 11.5 Å². The lowest BCUT2D eigenvalue weighted by Crippen LogP contribution is -2.48. The van der Waals surface area contributed by atoms with Crippen LogP contribution < -0.4 is 14.8 Å². The van der Waals surface area contributed by atoms with Crippen LogP contribution in [0.3, 0.4) is 0 Å². The summed E-state index contributed by atoms with van der Waals surface area (Å²) in [6, 6.07) is 4.99. The van der Waals surface area contributed by atoms with Crippen molar-refractivity contribution in [2.45, 2.75) is 45.3 Å². The van der Waals surface area contributed by atoms with Crippen molar-refractivity contribution in [3.63, 3.8) is 0 Å². The molecule has 1 saturated heterocycles. The molecule has 150 valence electrons. The molecule has 0 aliphatic carbocycles. The van der Waals surface area contributed by atoms with Crippen LogP contribution in [0.2, 0.25) is 0 Å². The molecule has 7 nitrogen and oxygen atoms in total.